The van der Waals surface area contributed by atoms with Crippen molar-refractivity contribution in [3.05, 3.63) is 40.3 Å². The van der Waals surface area contributed by atoms with E-state index in [1.807, 2.05) is 23.1 Å². The number of thiophene rings is 1. The predicted octanol–water partition coefficient (Wildman–Crippen LogP) is 2.90. The minimum absolute atomic E-state index is 0.434. The van der Waals surface area contributed by atoms with E-state index in [2.05, 4.69) is 54.0 Å². The van der Waals surface area contributed by atoms with Gasteiger partial charge in [0.1, 0.15) is 0 Å². The highest BCUT2D eigenvalue weighted by atomic mass is 32.1. The Balaban J connectivity index is 1.96. The second-order valence-corrected chi connectivity index (χ2v) is 5.89. The average molecular weight is 263 g/mol. The maximum atomic E-state index is 4.61. The van der Waals surface area contributed by atoms with Gasteiger partial charge in [-0.15, -0.1) is 11.3 Å². The van der Waals surface area contributed by atoms with Gasteiger partial charge in [0.15, 0.2) is 0 Å². The lowest BCUT2D eigenvalue weighted by molar-refractivity contribution is 0.509. The molecule has 0 aliphatic carbocycles. The topological polar surface area (TPSA) is 29.9 Å². The van der Waals surface area contributed by atoms with Crippen LogP contribution in [-0.4, -0.2) is 22.9 Å². The summed E-state index contributed by atoms with van der Waals surface area (Å²) in [5, 5.41) is 10.1. The van der Waals surface area contributed by atoms with Gasteiger partial charge in [-0.05, 0) is 44.8 Å². The first-order valence-electron chi connectivity index (χ1n) is 6.42. The van der Waals surface area contributed by atoms with E-state index >= 15 is 0 Å². The third kappa shape index (κ3) is 3.43. The van der Waals surface area contributed by atoms with Crippen molar-refractivity contribution >= 4 is 11.3 Å². The molecule has 0 fully saturated rings. The fourth-order valence-electron chi connectivity index (χ4n) is 1.97. The molecule has 0 spiro atoms. The lowest BCUT2D eigenvalue weighted by Crippen LogP contribution is -2.29. The van der Waals surface area contributed by atoms with E-state index in [0.29, 0.717) is 12.1 Å². The molecule has 0 bridgehead atoms. The van der Waals surface area contributed by atoms with E-state index in [1.165, 1.54) is 10.6 Å². The van der Waals surface area contributed by atoms with Gasteiger partial charge < -0.3 is 5.32 Å². The number of nitrogens with zero attached hydrogens (tertiary/aromatic N) is 2. The lowest BCUT2D eigenvalue weighted by Gasteiger charge is -2.13. The Morgan fingerprint density at radius 3 is 2.72 bits per heavy atom. The van der Waals surface area contributed by atoms with Crippen LogP contribution in [-0.2, 0) is 12.8 Å². The zero-order valence-electron chi connectivity index (χ0n) is 11.3. The summed E-state index contributed by atoms with van der Waals surface area (Å²) in [6, 6.07) is 7.32. The van der Waals surface area contributed by atoms with E-state index in [-0.39, 0.29) is 0 Å². The SMILES string of the molecule is CNC(Cc1ccn(C(C)C)n1)Cc1cccs1. The molecule has 0 saturated heterocycles. The molecule has 2 rings (SSSR count). The standard InChI is InChI=1S/C14H21N3S/c1-11(2)17-7-6-12(16-17)9-13(15-3)10-14-5-4-8-18-14/h4-8,11,13,15H,9-10H2,1-3H3. The van der Waals surface area contributed by atoms with Gasteiger partial charge in [0, 0.05) is 29.6 Å². The predicted molar refractivity (Wildman–Crippen MR) is 77.2 cm³/mol. The molecule has 0 saturated carbocycles. The van der Waals surface area contributed by atoms with Crippen LogP contribution >= 0.6 is 11.3 Å². The summed E-state index contributed by atoms with van der Waals surface area (Å²) in [5.74, 6) is 0. The summed E-state index contributed by atoms with van der Waals surface area (Å²) in [5.41, 5.74) is 1.17. The summed E-state index contributed by atoms with van der Waals surface area (Å²) in [6.45, 7) is 4.30. The first-order chi connectivity index (χ1) is 8.69. The van der Waals surface area contributed by atoms with Gasteiger partial charge in [0.05, 0.1) is 5.69 Å². The molecule has 0 aromatic carbocycles. The van der Waals surface area contributed by atoms with Crippen LogP contribution in [0.5, 0.6) is 0 Å². The van der Waals surface area contributed by atoms with Crippen LogP contribution < -0.4 is 5.32 Å². The van der Waals surface area contributed by atoms with Crippen molar-refractivity contribution in [2.24, 2.45) is 0 Å². The van der Waals surface area contributed by atoms with Crippen molar-refractivity contribution in [1.29, 1.82) is 0 Å². The third-order valence-electron chi connectivity index (χ3n) is 3.08. The molecule has 0 amide bonds. The van der Waals surface area contributed by atoms with Crippen LogP contribution in [0.4, 0.5) is 0 Å². The Morgan fingerprint density at radius 2 is 2.17 bits per heavy atom. The monoisotopic (exact) mass is 263 g/mol. The van der Waals surface area contributed by atoms with E-state index in [0.717, 1.165) is 12.8 Å². The second-order valence-electron chi connectivity index (χ2n) is 4.85. The van der Waals surface area contributed by atoms with Crippen LogP contribution in [0.2, 0.25) is 0 Å². The fourth-order valence-corrected chi connectivity index (χ4v) is 2.76. The zero-order chi connectivity index (χ0) is 13.0. The van der Waals surface area contributed by atoms with Gasteiger partial charge in [0.2, 0.25) is 0 Å². The molecule has 1 N–H and O–H groups in total. The Bertz CT molecular complexity index is 459. The normalized spacial score (nSPS) is 13.1. The number of rotatable bonds is 6. The van der Waals surface area contributed by atoms with Crippen LogP contribution in [0.3, 0.4) is 0 Å². The average Bonchev–Trinajstić information content (AvgIpc) is 2.99. The minimum atomic E-state index is 0.434. The number of aromatic nitrogens is 2. The van der Waals surface area contributed by atoms with Crippen molar-refractivity contribution in [2.75, 3.05) is 7.05 Å². The smallest absolute Gasteiger partial charge is 0.0640 e. The van der Waals surface area contributed by atoms with Gasteiger partial charge in [0.25, 0.3) is 0 Å². The molecule has 1 atom stereocenters. The molecular weight excluding hydrogens is 242 g/mol. The number of hydrogen-bond donors (Lipinski definition) is 1. The highest BCUT2D eigenvalue weighted by Gasteiger charge is 2.11. The van der Waals surface area contributed by atoms with Crippen molar-refractivity contribution in [2.45, 2.75) is 38.8 Å². The third-order valence-corrected chi connectivity index (χ3v) is 3.98. The highest BCUT2D eigenvalue weighted by molar-refractivity contribution is 7.09. The summed E-state index contributed by atoms with van der Waals surface area (Å²) >= 11 is 1.82. The number of hydrogen-bond acceptors (Lipinski definition) is 3. The molecule has 0 aliphatic rings. The van der Waals surface area contributed by atoms with E-state index < -0.39 is 0 Å². The van der Waals surface area contributed by atoms with Crippen LogP contribution in [0.1, 0.15) is 30.5 Å². The Hall–Kier alpha value is -1.13. The fraction of sp³-hybridized carbons (Fsp3) is 0.500. The maximum absolute atomic E-state index is 4.61. The highest BCUT2D eigenvalue weighted by Crippen LogP contribution is 2.13. The second kappa shape index (κ2) is 6.16. The number of likely N-dealkylation sites (N-methyl/N-ethyl adjacent to an activating group) is 1. The van der Waals surface area contributed by atoms with Crippen molar-refractivity contribution < 1.29 is 0 Å². The molecule has 2 heterocycles. The molecule has 2 aromatic heterocycles. The van der Waals surface area contributed by atoms with Gasteiger partial charge in [-0.2, -0.15) is 5.10 Å². The largest absolute Gasteiger partial charge is 0.316 e. The summed E-state index contributed by atoms with van der Waals surface area (Å²) in [6.07, 6.45) is 4.12. The summed E-state index contributed by atoms with van der Waals surface area (Å²) in [7, 11) is 2.03. The molecule has 1 unspecified atom stereocenters. The molecule has 3 nitrogen and oxygen atoms in total. The van der Waals surface area contributed by atoms with Crippen LogP contribution in [0, 0.1) is 0 Å². The zero-order valence-corrected chi connectivity index (χ0v) is 12.1. The van der Waals surface area contributed by atoms with Crippen molar-refractivity contribution in [3.8, 4) is 0 Å². The quantitative estimate of drug-likeness (QED) is 0.868. The molecule has 4 heteroatoms. The van der Waals surface area contributed by atoms with Crippen molar-refractivity contribution in [1.82, 2.24) is 15.1 Å². The Morgan fingerprint density at radius 1 is 1.33 bits per heavy atom. The van der Waals surface area contributed by atoms with E-state index in [9.17, 15) is 0 Å². The lowest BCUT2D eigenvalue weighted by atomic mass is 10.1. The molecule has 0 radical (unpaired) electrons. The molecule has 18 heavy (non-hydrogen) atoms. The van der Waals surface area contributed by atoms with Crippen LogP contribution in [0.25, 0.3) is 0 Å². The summed E-state index contributed by atoms with van der Waals surface area (Å²) in [4.78, 5) is 1.43. The van der Waals surface area contributed by atoms with Gasteiger partial charge in [-0.1, -0.05) is 6.07 Å². The Kier molecular flexibility index (Phi) is 4.55. The molecular formula is C14H21N3S. The number of nitrogens with one attached hydrogen (secondary N) is 1. The van der Waals surface area contributed by atoms with Crippen molar-refractivity contribution in [3.63, 3.8) is 0 Å². The maximum Gasteiger partial charge on any atom is 0.0640 e. The summed E-state index contributed by atoms with van der Waals surface area (Å²) < 4.78 is 2.02. The van der Waals surface area contributed by atoms with E-state index in [4.69, 9.17) is 0 Å². The molecule has 98 valence electrons. The Labute approximate surface area is 113 Å². The van der Waals surface area contributed by atoms with Gasteiger partial charge >= 0.3 is 0 Å². The first-order valence-corrected chi connectivity index (χ1v) is 7.30. The van der Waals surface area contributed by atoms with E-state index in [1.54, 1.807) is 0 Å². The minimum Gasteiger partial charge on any atom is -0.316 e. The first kappa shape index (κ1) is 13.3. The van der Waals surface area contributed by atoms with Gasteiger partial charge in [-0.3, -0.25) is 4.68 Å². The van der Waals surface area contributed by atoms with Crippen LogP contribution in [0.15, 0.2) is 29.8 Å². The molecule has 0 aliphatic heterocycles. The van der Waals surface area contributed by atoms with Gasteiger partial charge in [-0.25, -0.2) is 0 Å². The molecule has 2 aromatic rings.